The second-order valence-electron chi connectivity index (χ2n) is 7.52. The van der Waals surface area contributed by atoms with Crippen LogP contribution in [0.4, 0.5) is 0 Å². The van der Waals surface area contributed by atoms with Crippen molar-refractivity contribution >= 4 is 5.97 Å². The van der Waals surface area contributed by atoms with Crippen LogP contribution in [0.3, 0.4) is 0 Å². The summed E-state index contributed by atoms with van der Waals surface area (Å²) >= 11 is 0. The molecule has 1 aromatic carbocycles. The fraction of sp³-hybridized carbons (Fsp3) is 0.632. The Morgan fingerprint density at radius 2 is 1.73 bits per heavy atom. The van der Waals surface area contributed by atoms with Gasteiger partial charge in [0.25, 0.3) is 0 Å². The summed E-state index contributed by atoms with van der Waals surface area (Å²) in [6, 6.07) is 8.25. The van der Waals surface area contributed by atoms with Gasteiger partial charge in [-0.2, -0.15) is 0 Å². The normalized spacial score (nSPS) is 14.7. The van der Waals surface area contributed by atoms with Crippen molar-refractivity contribution in [3.8, 4) is 0 Å². The van der Waals surface area contributed by atoms with Crippen LogP contribution in [0, 0.1) is 11.8 Å². The summed E-state index contributed by atoms with van der Waals surface area (Å²) < 4.78 is 4.73. The van der Waals surface area contributed by atoms with Gasteiger partial charge in [-0.05, 0) is 41.2 Å². The summed E-state index contributed by atoms with van der Waals surface area (Å²) in [6.45, 7) is 11.0. The van der Waals surface area contributed by atoms with E-state index in [1.54, 1.807) is 0 Å². The second kappa shape index (κ2) is 7.77. The Morgan fingerprint density at radius 1 is 1.18 bits per heavy atom. The van der Waals surface area contributed by atoms with Crippen molar-refractivity contribution in [1.82, 2.24) is 0 Å². The van der Waals surface area contributed by atoms with Crippen LogP contribution in [-0.4, -0.2) is 19.1 Å². The van der Waals surface area contributed by atoms with Gasteiger partial charge in [0.05, 0.1) is 7.11 Å². The monoisotopic (exact) mass is 305 g/mol. The Bertz CT molecular complexity index is 471. The number of carbonyl (C=O) groups is 1. The minimum atomic E-state index is -0.536. The first-order valence-corrected chi connectivity index (χ1v) is 8.08. The molecule has 0 aromatic heterocycles. The predicted octanol–water partition coefficient (Wildman–Crippen LogP) is 3.69. The number of methoxy groups -OCH3 is 1. The average Bonchev–Trinajstić information content (AvgIpc) is 2.45. The lowest BCUT2D eigenvalue weighted by molar-refractivity contribution is -0.142. The van der Waals surface area contributed by atoms with Crippen molar-refractivity contribution in [1.29, 1.82) is 0 Å². The third kappa shape index (κ3) is 5.45. The van der Waals surface area contributed by atoms with Gasteiger partial charge in [0.1, 0.15) is 6.04 Å². The van der Waals surface area contributed by atoms with Gasteiger partial charge in [0, 0.05) is 0 Å². The lowest BCUT2D eigenvalue weighted by atomic mass is 9.82. The molecule has 2 N–H and O–H groups in total. The maximum absolute atomic E-state index is 11.5. The molecule has 0 amide bonds. The molecule has 3 heteroatoms. The smallest absolute Gasteiger partial charge is 0.322 e. The zero-order chi connectivity index (χ0) is 16.9. The highest BCUT2D eigenvalue weighted by Gasteiger charge is 2.23. The lowest BCUT2D eigenvalue weighted by Crippen LogP contribution is -2.35. The van der Waals surface area contributed by atoms with Crippen molar-refractivity contribution in [2.24, 2.45) is 17.6 Å². The van der Waals surface area contributed by atoms with Crippen LogP contribution in [0.1, 0.15) is 52.2 Å². The van der Waals surface area contributed by atoms with Gasteiger partial charge in [0.15, 0.2) is 0 Å². The minimum Gasteiger partial charge on any atom is -0.468 e. The van der Waals surface area contributed by atoms with Crippen LogP contribution < -0.4 is 5.73 Å². The van der Waals surface area contributed by atoms with Crippen LogP contribution in [0.2, 0.25) is 0 Å². The molecule has 0 heterocycles. The number of benzene rings is 1. The van der Waals surface area contributed by atoms with Crippen molar-refractivity contribution in [3.63, 3.8) is 0 Å². The predicted molar refractivity (Wildman–Crippen MR) is 91.8 cm³/mol. The molecule has 1 aromatic rings. The third-order valence-corrected chi connectivity index (χ3v) is 4.32. The summed E-state index contributed by atoms with van der Waals surface area (Å²) in [5.41, 5.74) is 8.73. The van der Waals surface area contributed by atoms with E-state index in [0.717, 1.165) is 6.42 Å². The van der Waals surface area contributed by atoms with E-state index in [1.807, 2.05) is 0 Å². The molecule has 0 saturated carbocycles. The Kier molecular flexibility index (Phi) is 6.61. The van der Waals surface area contributed by atoms with E-state index in [-0.39, 0.29) is 11.4 Å². The summed E-state index contributed by atoms with van der Waals surface area (Å²) in [5.74, 6) is 0.515. The maximum atomic E-state index is 11.5. The van der Waals surface area contributed by atoms with Crippen molar-refractivity contribution in [2.45, 2.75) is 58.9 Å². The first kappa shape index (κ1) is 18.7. The molecule has 124 valence electrons. The highest BCUT2D eigenvalue weighted by molar-refractivity contribution is 5.75. The van der Waals surface area contributed by atoms with Crippen LogP contribution in [-0.2, 0) is 21.4 Å². The van der Waals surface area contributed by atoms with E-state index in [0.29, 0.717) is 18.3 Å². The van der Waals surface area contributed by atoms with Crippen LogP contribution in [0.15, 0.2) is 24.3 Å². The van der Waals surface area contributed by atoms with Crippen molar-refractivity contribution < 1.29 is 9.53 Å². The largest absolute Gasteiger partial charge is 0.468 e. The molecule has 0 aliphatic rings. The fourth-order valence-electron chi connectivity index (χ4n) is 2.61. The molecular weight excluding hydrogens is 274 g/mol. The zero-order valence-corrected chi connectivity index (χ0v) is 14.8. The SMILES string of the molecule is COC(=O)[C@@H](N)C[C@H](Cc1ccc(C(C)(C)C)cc1)C(C)C. The van der Waals surface area contributed by atoms with E-state index in [2.05, 4.69) is 58.9 Å². The van der Waals surface area contributed by atoms with Gasteiger partial charge in [0.2, 0.25) is 0 Å². The highest BCUT2D eigenvalue weighted by Crippen LogP contribution is 2.25. The average molecular weight is 305 g/mol. The first-order valence-electron chi connectivity index (χ1n) is 8.08. The second-order valence-corrected chi connectivity index (χ2v) is 7.52. The van der Waals surface area contributed by atoms with E-state index in [4.69, 9.17) is 10.5 Å². The Morgan fingerprint density at radius 3 is 2.14 bits per heavy atom. The number of nitrogens with two attached hydrogens (primary N) is 1. The summed E-state index contributed by atoms with van der Waals surface area (Å²) in [5, 5.41) is 0. The fourth-order valence-corrected chi connectivity index (χ4v) is 2.61. The quantitative estimate of drug-likeness (QED) is 0.816. The molecular formula is C19H31NO2. The molecule has 0 fully saturated rings. The topological polar surface area (TPSA) is 52.3 Å². The Balaban J connectivity index is 2.77. The summed E-state index contributed by atoms with van der Waals surface area (Å²) in [4.78, 5) is 11.5. The van der Waals surface area contributed by atoms with Gasteiger partial charge in [-0.25, -0.2) is 0 Å². The van der Waals surface area contributed by atoms with Crippen LogP contribution in [0.5, 0.6) is 0 Å². The van der Waals surface area contributed by atoms with Gasteiger partial charge in [-0.3, -0.25) is 4.79 Å². The number of hydrogen-bond acceptors (Lipinski definition) is 3. The van der Waals surface area contributed by atoms with Crippen molar-refractivity contribution in [2.75, 3.05) is 7.11 Å². The standard InChI is InChI=1S/C19H31NO2/c1-13(2)15(12-17(20)18(21)22-6)11-14-7-9-16(10-8-14)19(3,4)5/h7-10,13,15,17H,11-12,20H2,1-6H3/t15-,17-/m0/s1. The molecule has 0 radical (unpaired) electrons. The molecule has 0 unspecified atom stereocenters. The molecule has 2 atom stereocenters. The first-order chi connectivity index (χ1) is 10.1. The molecule has 22 heavy (non-hydrogen) atoms. The molecule has 0 bridgehead atoms. The molecule has 0 spiro atoms. The van der Waals surface area contributed by atoms with Gasteiger partial charge in [-0.1, -0.05) is 58.9 Å². The Labute approximate surface area is 135 Å². The summed E-state index contributed by atoms with van der Waals surface area (Å²) in [6.07, 6.45) is 1.60. The van der Waals surface area contributed by atoms with Crippen LogP contribution in [0.25, 0.3) is 0 Å². The van der Waals surface area contributed by atoms with Gasteiger partial charge in [-0.15, -0.1) is 0 Å². The van der Waals surface area contributed by atoms with Gasteiger partial charge >= 0.3 is 5.97 Å². The van der Waals surface area contributed by atoms with Crippen LogP contribution >= 0.6 is 0 Å². The number of esters is 1. The van der Waals surface area contributed by atoms with E-state index in [9.17, 15) is 4.79 Å². The van der Waals surface area contributed by atoms with E-state index >= 15 is 0 Å². The Hall–Kier alpha value is -1.35. The molecule has 0 saturated heterocycles. The molecule has 0 aliphatic carbocycles. The van der Waals surface area contributed by atoms with Gasteiger partial charge < -0.3 is 10.5 Å². The minimum absolute atomic E-state index is 0.170. The number of rotatable bonds is 6. The zero-order valence-electron chi connectivity index (χ0n) is 14.8. The van der Waals surface area contributed by atoms with Crippen molar-refractivity contribution in [3.05, 3.63) is 35.4 Å². The number of hydrogen-bond donors (Lipinski definition) is 1. The molecule has 3 nitrogen and oxygen atoms in total. The molecule has 1 rings (SSSR count). The third-order valence-electron chi connectivity index (χ3n) is 4.32. The number of ether oxygens (including phenoxy) is 1. The lowest BCUT2D eigenvalue weighted by Gasteiger charge is -2.24. The molecule has 0 aliphatic heterocycles. The highest BCUT2D eigenvalue weighted by atomic mass is 16.5. The van der Waals surface area contributed by atoms with E-state index < -0.39 is 6.04 Å². The maximum Gasteiger partial charge on any atom is 0.322 e. The summed E-state index contributed by atoms with van der Waals surface area (Å²) in [7, 11) is 1.39. The number of carbonyl (C=O) groups excluding carboxylic acids is 1. The van der Waals surface area contributed by atoms with E-state index in [1.165, 1.54) is 18.2 Å².